The number of rotatable bonds is 8. The molecule has 0 spiro atoms. The zero-order chi connectivity index (χ0) is 90.9. The van der Waals surface area contributed by atoms with Crippen LogP contribution in [0.1, 0.15) is 104 Å². The first-order chi connectivity index (χ1) is 59.6. The molecule has 11 rings (SSSR count). The number of allylic oxidation sites excluding steroid dienone is 1. The quantitative estimate of drug-likeness (QED) is 0.0519. The fraction of sp³-hybridized carbons (Fsp3) is 0.417. The minimum absolute atomic E-state index is 0.00780. The molecule has 0 aromatic heterocycles. The number of methoxy groups -OCH3 is 2. The van der Waals surface area contributed by atoms with Gasteiger partial charge in [-0.05, 0) is 113 Å². The normalized spacial score (nSPS) is 23.7. The molecule has 41 heteroatoms. The van der Waals surface area contributed by atoms with Gasteiger partial charge >= 0.3 is 18.2 Å². The summed E-state index contributed by atoms with van der Waals surface area (Å²) in [6.07, 6.45) is -1.78. The number of carbonyl (C=O) groups excluding carboxylic acids is 14. The first kappa shape index (κ1) is 94.9. The SMILES string of the molecule is C=C(O)/C=C\C(=O)NC1C(=O)NCCOCCC(=O)NC(C)C(=O)NC(C)C(=O)Nc2ccc(cc2)COC(=O)N2c3cc(c(OC)cc3C(=O)N3CC(=C)C[C@H]3[C@@H]2O)OCCCCCOc2cc3c(cc2OC)C(=O)N2CC(=C)C[C@H]2[C@H](O)N3C(=O)OCc2ccc(cc2)NC(=O)C(C)NC(=O)C(C)NC(=O)CCOCCNC(=O)C1NC(=O)/C=C\C(=O)O. The Morgan fingerprint density at radius 2 is 0.864 bits per heavy atom. The average molecular weight is 1740 g/mol. The summed E-state index contributed by atoms with van der Waals surface area (Å²) >= 11 is 0. The van der Waals surface area contributed by atoms with Gasteiger partial charge in [0.2, 0.25) is 59.1 Å². The Kier molecular flexibility index (Phi) is 34.0. The highest BCUT2D eigenvalue weighted by Gasteiger charge is 2.49. The third-order valence-electron chi connectivity index (χ3n) is 20.1. The van der Waals surface area contributed by atoms with E-state index in [-0.39, 0.29) is 162 Å². The number of carbonyl (C=O) groups is 15. The predicted molar refractivity (Wildman–Crippen MR) is 444 cm³/mol. The molecule has 2 fully saturated rings. The van der Waals surface area contributed by atoms with E-state index in [2.05, 4.69) is 72.9 Å². The van der Waals surface area contributed by atoms with Crippen LogP contribution in [0.25, 0.3) is 0 Å². The number of benzene rings is 4. The van der Waals surface area contributed by atoms with Gasteiger partial charge in [-0.2, -0.15) is 0 Å². The lowest BCUT2D eigenvalue weighted by molar-refractivity contribution is -0.134. The van der Waals surface area contributed by atoms with Crippen LogP contribution >= 0.6 is 0 Å². The Hall–Kier alpha value is -13.9. The maximum atomic E-state index is 14.4. The van der Waals surface area contributed by atoms with Gasteiger partial charge in [-0.25, -0.2) is 24.2 Å². The van der Waals surface area contributed by atoms with Crippen LogP contribution in [0.2, 0.25) is 0 Å². The topological polar surface area (TPSA) is 544 Å². The molecule has 7 aliphatic rings. The Labute approximate surface area is 717 Å². The van der Waals surface area contributed by atoms with E-state index in [9.17, 15) is 92.3 Å². The molecule has 10 atom stereocenters. The Morgan fingerprint density at radius 3 is 1.24 bits per heavy atom. The van der Waals surface area contributed by atoms with Crippen molar-refractivity contribution in [3.63, 3.8) is 0 Å². The molecule has 0 saturated carbocycles. The van der Waals surface area contributed by atoms with Gasteiger partial charge < -0.3 is 121 Å². The van der Waals surface area contributed by atoms with Crippen molar-refractivity contribution in [1.29, 1.82) is 0 Å². The smallest absolute Gasteiger partial charge is 0.416 e. The van der Waals surface area contributed by atoms with Crippen molar-refractivity contribution >= 4 is 112 Å². The average Bonchev–Trinajstić information content (AvgIpc) is 1.61. The Morgan fingerprint density at radius 1 is 0.480 bits per heavy atom. The summed E-state index contributed by atoms with van der Waals surface area (Å²) in [5, 5.41) is 67.5. The largest absolute Gasteiger partial charge is 0.509 e. The molecule has 7 aliphatic heterocycles. The number of aliphatic carboxylic acids is 1. The van der Waals surface area contributed by atoms with Crippen molar-refractivity contribution in [2.45, 2.75) is 147 Å². The first-order valence-electron chi connectivity index (χ1n) is 39.8. The van der Waals surface area contributed by atoms with Crippen molar-refractivity contribution in [2.75, 3.05) is 100 Å². The summed E-state index contributed by atoms with van der Waals surface area (Å²) in [6.45, 7) is 14.6. The summed E-state index contributed by atoms with van der Waals surface area (Å²) in [5.74, 6) is -11.4. The fourth-order valence-corrected chi connectivity index (χ4v) is 13.5. The second-order valence-corrected chi connectivity index (χ2v) is 29.6. The predicted octanol–water partition coefficient (Wildman–Crippen LogP) is 2.02. The van der Waals surface area contributed by atoms with Gasteiger partial charge in [0, 0.05) is 80.8 Å². The van der Waals surface area contributed by atoms with Crippen LogP contribution in [0.15, 0.2) is 134 Å². The minimum Gasteiger partial charge on any atom is -0.509 e. The highest BCUT2D eigenvalue weighted by molar-refractivity contribution is 6.08. The lowest BCUT2D eigenvalue weighted by atomic mass is 10.1. The molecular formula is C84H102N14O27. The molecule has 670 valence electrons. The van der Waals surface area contributed by atoms with E-state index in [1.165, 1.54) is 100 Å². The lowest BCUT2D eigenvalue weighted by Crippen LogP contribution is -2.63. The maximum Gasteiger partial charge on any atom is 0.416 e. The van der Waals surface area contributed by atoms with Crippen LogP contribution < -0.4 is 81.9 Å². The van der Waals surface area contributed by atoms with Gasteiger partial charge in [0.1, 0.15) is 55.2 Å². The third kappa shape index (κ3) is 26.1. The van der Waals surface area contributed by atoms with Crippen molar-refractivity contribution in [1.82, 2.24) is 52.3 Å². The van der Waals surface area contributed by atoms with Gasteiger partial charge in [-0.3, -0.25) is 57.5 Å². The molecule has 14 N–H and O–H groups in total. The summed E-state index contributed by atoms with van der Waals surface area (Å²) in [4.78, 5) is 207. The van der Waals surface area contributed by atoms with Crippen LogP contribution in [-0.4, -0.2) is 260 Å². The van der Waals surface area contributed by atoms with Crippen LogP contribution in [0.4, 0.5) is 32.3 Å². The number of carboxylic acids is 1. The van der Waals surface area contributed by atoms with E-state index in [0.717, 1.165) is 22.0 Å². The van der Waals surface area contributed by atoms with Gasteiger partial charge in [-0.15, -0.1) is 0 Å². The van der Waals surface area contributed by atoms with Crippen molar-refractivity contribution in [3.8, 4) is 23.0 Å². The second kappa shape index (κ2) is 44.7. The van der Waals surface area contributed by atoms with Crippen LogP contribution in [0, 0.1) is 0 Å². The Balaban J connectivity index is 0.890. The molecule has 8 bridgehead atoms. The number of fused-ring (bicyclic) bond motifs is 4. The number of aliphatic hydroxyl groups is 3. The van der Waals surface area contributed by atoms with E-state index in [4.69, 9.17) is 37.9 Å². The van der Waals surface area contributed by atoms with Crippen LogP contribution in [0.3, 0.4) is 0 Å². The van der Waals surface area contributed by atoms with Crippen molar-refractivity contribution < 1.29 is 130 Å². The molecule has 7 heterocycles. The number of nitrogens with zero attached hydrogens (tertiary/aromatic N) is 4. The van der Waals surface area contributed by atoms with Gasteiger partial charge in [-0.1, -0.05) is 55.1 Å². The van der Waals surface area contributed by atoms with E-state index < -0.39 is 156 Å². The minimum atomic E-state index is -2.00. The standard InChI is InChI=1S/C84H102N14O27/c1-45-35-60-81(114)97-58-39-64(62(118-8)37-56(58)79(112)95(60)41-45)122-29-11-10-12-30-123-65-40-59-57(38-63(65)119-9)80(113)96-42-46(2)36-61(96)82(115)98(59)84(117)125-44-53-16-20-55(21-17-53)92-76(109)51(7)90-74(107)49(5)88-69(103)26-32-121-34-28-86-78(111)72(94-67(101)23-24-70(104)105)71(93-66(100)22-13-47(3)99)77(110)85-27-33-120-31-25-68(102)87-48(4)73(106)89-50(6)75(108)91-54-18-14-52(15-19-54)43-124-83(97)116/h13-24,37-40,48-51,60-61,71-72,81-82,99,114-115H,1-3,10-12,25-36,41-44H2,4-9H3,(H,85,110)(H,86,111)(H,87,102)(H,88,103)(H,89,106)(H,90,107)(H,91,108)(H,92,109)(H,93,100)(H,94,101)(H,104,105)/b22-13-,24-23-/t48?,49?,50?,51?,60-,61-,71?,72?,81-,82-/m0/s1. The summed E-state index contributed by atoms with van der Waals surface area (Å²) in [6, 6.07) is 7.36. The maximum absolute atomic E-state index is 14.4. The summed E-state index contributed by atoms with van der Waals surface area (Å²) in [7, 11) is 2.75. The number of anilines is 4. The van der Waals surface area contributed by atoms with E-state index in [1.807, 2.05) is 0 Å². The first-order valence-corrected chi connectivity index (χ1v) is 39.8. The highest BCUT2D eigenvalue weighted by atomic mass is 16.6. The monoisotopic (exact) mass is 1740 g/mol. The van der Waals surface area contributed by atoms with Crippen molar-refractivity contribution in [2.24, 2.45) is 0 Å². The van der Waals surface area contributed by atoms with Crippen molar-refractivity contribution in [3.05, 3.63) is 156 Å². The highest BCUT2D eigenvalue weighted by Crippen LogP contribution is 2.44. The number of carboxylic acid groups (broad SMARTS) is 1. The molecule has 0 aliphatic carbocycles. The van der Waals surface area contributed by atoms with Gasteiger partial charge in [0.25, 0.3) is 11.8 Å². The molecule has 4 aromatic rings. The number of amides is 14. The van der Waals surface area contributed by atoms with E-state index >= 15 is 0 Å². The van der Waals surface area contributed by atoms with E-state index in [0.29, 0.717) is 53.7 Å². The zero-order valence-electron chi connectivity index (χ0n) is 69.5. The summed E-state index contributed by atoms with van der Waals surface area (Å²) < 4.78 is 46.6. The molecule has 41 nitrogen and oxygen atoms in total. The summed E-state index contributed by atoms with van der Waals surface area (Å²) in [5.41, 5.74) is 2.57. The number of nitrogens with one attached hydrogen (secondary N) is 10. The molecule has 14 amide bonds. The van der Waals surface area contributed by atoms with Crippen LogP contribution in [0.5, 0.6) is 23.0 Å². The lowest BCUT2D eigenvalue weighted by Gasteiger charge is -2.31. The molecule has 125 heavy (non-hydrogen) atoms. The fourth-order valence-electron chi connectivity index (χ4n) is 13.5. The molecule has 0 radical (unpaired) electrons. The molecule has 4 aromatic carbocycles. The van der Waals surface area contributed by atoms with Gasteiger partial charge in [0.05, 0.1) is 88.4 Å². The molecular weight excluding hydrogens is 1640 g/mol. The second-order valence-electron chi connectivity index (χ2n) is 29.6. The number of hydrogen-bond acceptors (Lipinski definition) is 26. The number of hydrogen-bond donors (Lipinski definition) is 14. The van der Waals surface area contributed by atoms with Crippen LogP contribution in [-0.2, 0) is 84.9 Å². The zero-order valence-corrected chi connectivity index (χ0v) is 69.5. The number of aliphatic hydroxyl groups excluding tert-OH is 3. The number of ether oxygens (including phenoxy) is 8. The Bertz CT molecular complexity index is 4530. The molecule has 2 saturated heterocycles. The third-order valence-corrected chi connectivity index (χ3v) is 20.1. The van der Waals surface area contributed by atoms with E-state index in [1.54, 1.807) is 24.3 Å². The molecule has 6 unspecified atom stereocenters. The van der Waals surface area contributed by atoms with Gasteiger partial charge in [0.15, 0.2) is 35.5 Å².